The maximum absolute atomic E-state index is 12.1. The van der Waals surface area contributed by atoms with Gasteiger partial charge >= 0.3 is 0 Å². The molecular weight excluding hydrogens is 324 g/mol. The first-order chi connectivity index (χ1) is 11.5. The van der Waals surface area contributed by atoms with Gasteiger partial charge in [0.05, 0.1) is 17.5 Å². The van der Waals surface area contributed by atoms with Crippen molar-refractivity contribution in [2.75, 3.05) is 31.1 Å². The quantitative estimate of drug-likeness (QED) is 0.804. The Morgan fingerprint density at radius 3 is 2.54 bits per heavy atom. The number of hydrogen-bond acceptors (Lipinski definition) is 4. The normalized spacial score (nSPS) is 26.3. The summed E-state index contributed by atoms with van der Waals surface area (Å²) in [5, 5.41) is 0. The van der Waals surface area contributed by atoms with Gasteiger partial charge in [-0.3, -0.25) is 9.69 Å². The highest BCUT2D eigenvalue weighted by molar-refractivity contribution is 7.91. The molecule has 0 N–H and O–H groups in total. The Hall–Kier alpha value is -1.40. The number of aryl methyl sites for hydroxylation is 1. The molecule has 2 heterocycles. The van der Waals surface area contributed by atoms with Gasteiger partial charge in [-0.25, -0.2) is 8.42 Å². The number of fused-ring (bicyclic) bond motifs is 1. The number of piperazine rings is 1. The summed E-state index contributed by atoms with van der Waals surface area (Å²) in [6, 6.07) is 10.2. The van der Waals surface area contributed by atoms with Crippen molar-refractivity contribution >= 4 is 15.7 Å². The second-order valence-electron chi connectivity index (χ2n) is 6.78. The Balaban J connectivity index is 1.64. The van der Waals surface area contributed by atoms with Crippen LogP contribution >= 0.6 is 0 Å². The first-order valence-electron chi connectivity index (χ1n) is 8.78. The van der Waals surface area contributed by atoms with Gasteiger partial charge in [-0.1, -0.05) is 37.3 Å². The summed E-state index contributed by atoms with van der Waals surface area (Å²) in [6.45, 7) is 4.15. The number of benzene rings is 1. The van der Waals surface area contributed by atoms with Crippen molar-refractivity contribution in [3.05, 3.63) is 35.9 Å². The molecule has 0 saturated carbocycles. The predicted octanol–water partition coefficient (Wildman–Crippen LogP) is 1.34. The van der Waals surface area contributed by atoms with E-state index in [4.69, 9.17) is 0 Å². The largest absolute Gasteiger partial charge is 0.336 e. The summed E-state index contributed by atoms with van der Waals surface area (Å²) in [5.74, 6) is 0.390. The first-order valence-corrected chi connectivity index (χ1v) is 10.6. The predicted molar refractivity (Wildman–Crippen MR) is 94.6 cm³/mol. The number of nitrogens with zero attached hydrogens (tertiary/aromatic N) is 2. The summed E-state index contributed by atoms with van der Waals surface area (Å²) < 4.78 is 24.3. The van der Waals surface area contributed by atoms with Gasteiger partial charge in [0, 0.05) is 25.6 Å². The summed E-state index contributed by atoms with van der Waals surface area (Å²) in [7, 11) is -3.05. The SMILES string of the molecule is CCC(=O)N1CCN(CCCc2ccccc2)[C@H]2CS(=O)(=O)C[C@H]21. The molecule has 3 rings (SSSR count). The Morgan fingerprint density at radius 2 is 1.83 bits per heavy atom. The van der Waals surface area contributed by atoms with Gasteiger partial charge in [0.2, 0.25) is 5.91 Å². The summed E-state index contributed by atoms with van der Waals surface area (Å²) in [6.07, 6.45) is 2.45. The average Bonchev–Trinajstić information content (AvgIpc) is 2.90. The van der Waals surface area contributed by atoms with Crippen molar-refractivity contribution in [1.82, 2.24) is 9.80 Å². The van der Waals surface area contributed by atoms with Gasteiger partial charge in [0.25, 0.3) is 0 Å². The van der Waals surface area contributed by atoms with Gasteiger partial charge in [-0.05, 0) is 24.9 Å². The number of carbonyl (C=O) groups is 1. The molecule has 1 amide bonds. The van der Waals surface area contributed by atoms with Crippen LogP contribution in [0.4, 0.5) is 0 Å². The Bertz CT molecular complexity index is 675. The number of sulfone groups is 1. The van der Waals surface area contributed by atoms with Gasteiger partial charge in [0.15, 0.2) is 9.84 Å². The van der Waals surface area contributed by atoms with Crippen molar-refractivity contribution in [3.63, 3.8) is 0 Å². The molecule has 5 nitrogen and oxygen atoms in total. The maximum atomic E-state index is 12.1. The zero-order valence-electron chi connectivity index (χ0n) is 14.2. The van der Waals surface area contributed by atoms with Crippen LogP contribution in [-0.2, 0) is 21.1 Å². The van der Waals surface area contributed by atoms with Crippen LogP contribution in [0, 0.1) is 0 Å². The molecule has 2 aliphatic heterocycles. The number of rotatable bonds is 5. The molecule has 2 fully saturated rings. The van der Waals surface area contributed by atoms with E-state index in [0.717, 1.165) is 25.9 Å². The maximum Gasteiger partial charge on any atom is 0.222 e. The molecule has 1 aromatic rings. The lowest BCUT2D eigenvalue weighted by Gasteiger charge is -2.44. The molecular formula is C18H26N2O3S. The van der Waals surface area contributed by atoms with Crippen LogP contribution in [-0.4, -0.2) is 67.3 Å². The second-order valence-corrected chi connectivity index (χ2v) is 8.93. The molecule has 1 aromatic carbocycles. The molecule has 0 aromatic heterocycles. The highest BCUT2D eigenvalue weighted by Crippen LogP contribution is 2.27. The molecule has 0 aliphatic carbocycles. The van der Waals surface area contributed by atoms with Crippen LogP contribution in [0.25, 0.3) is 0 Å². The van der Waals surface area contributed by atoms with Gasteiger partial charge in [-0.2, -0.15) is 0 Å². The molecule has 0 unspecified atom stereocenters. The van der Waals surface area contributed by atoms with E-state index in [1.54, 1.807) is 0 Å². The van der Waals surface area contributed by atoms with Crippen LogP contribution in [0.1, 0.15) is 25.3 Å². The Kier molecular flexibility index (Phi) is 5.25. The molecule has 24 heavy (non-hydrogen) atoms. The zero-order valence-corrected chi connectivity index (χ0v) is 15.0. The minimum absolute atomic E-state index is 0.0324. The summed E-state index contributed by atoms with van der Waals surface area (Å²) >= 11 is 0. The minimum Gasteiger partial charge on any atom is -0.336 e. The lowest BCUT2D eigenvalue weighted by Crippen LogP contribution is -2.60. The van der Waals surface area contributed by atoms with E-state index in [0.29, 0.717) is 13.0 Å². The van der Waals surface area contributed by atoms with Crippen molar-refractivity contribution in [2.24, 2.45) is 0 Å². The molecule has 2 saturated heterocycles. The lowest BCUT2D eigenvalue weighted by molar-refractivity contribution is -0.136. The third kappa shape index (κ3) is 3.81. The smallest absolute Gasteiger partial charge is 0.222 e. The molecule has 2 atom stereocenters. The third-order valence-electron chi connectivity index (χ3n) is 5.17. The molecule has 0 spiro atoms. The number of carbonyl (C=O) groups excluding carboxylic acids is 1. The second kappa shape index (κ2) is 7.23. The topological polar surface area (TPSA) is 57.7 Å². The molecule has 6 heteroatoms. The van der Waals surface area contributed by atoms with E-state index >= 15 is 0 Å². The molecule has 0 bridgehead atoms. The first kappa shape index (κ1) is 17.4. The Morgan fingerprint density at radius 1 is 1.12 bits per heavy atom. The average molecular weight is 350 g/mol. The van der Waals surface area contributed by atoms with E-state index in [-0.39, 0.29) is 29.5 Å². The lowest BCUT2D eigenvalue weighted by atomic mass is 10.0. The fourth-order valence-corrected chi connectivity index (χ4v) is 5.96. The number of hydrogen-bond donors (Lipinski definition) is 0. The van der Waals surface area contributed by atoms with E-state index in [1.165, 1.54) is 5.56 Å². The van der Waals surface area contributed by atoms with Crippen LogP contribution in [0.5, 0.6) is 0 Å². The van der Waals surface area contributed by atoms with Crippen molar-refractivity contribution in [1.29, 1.82) is 0 Å². The minimum atomic E-state index is -3.05. The molecule has 132 valence electrons. The van der Waals surface area contributed by atoms with E-state index in [1.807, 2.05) is 30.0 Å². The van der Waals surface area contributed by atoms with Gasteiger partial charge in [-0.15, -0.1) is 0 Å². The fourth-order valence-electron chi connectivity index (χ4n) is 3.95. The van der Waals surface area contributed by atoms with Crippen LogP contribution in [0.15, 0.2) is 30.3 Å². The molecule has 2 aliphatic rings. The summed E-state index contributed by atoms with van der Waals surface area (Å²) in [5.41, 5.74) is 1.31. The highest BCUT2D eigenvalue weighted by Gasteiger charge is 2.47. The van der Waals surface area contributed by atoms with Crippen LogP contribution in [0.3, 0.4) is 0 Å². The van der Waals surface area contributed by atoms with Crippen LogP contribution < -0.4 is 0 Å². The monoisotopic (exact) mass is 350 g/mol. The molecule has 0 radical (unpaired) electrons. The van der Waals surface area contributed by atoms with Crippen molar-refractivity contribution in [2.45, 2.75) is 38.3 Å². The van der Waals surface area contributed by atoms with E-state index < -0.39 is 9.84 Å². The Labute approximate surface area is 144 Å². The van der Waals surface area contributed by atoms with E-state index in [9.17, 15) is 13.2 Å². The van der Waals surface area contributed by atoms with Gasteiger partial charge in [0.1, 0.15) is 0 Å². The van der Waals surface area contributed by atoms with Gasteiger partial charge < -0.3 is 4.90 Å². The van der Waals surface area contributed by atoms with Crippen LogP contribution in [0.2, 0.25) is 0 Å². The number of amides is 1. The van der Waals surface area contributed by atoms with E-state index in [2.05, 4.69) is 17.0 Å². The summed E-state index contributed by atoms with van der Waals surface area (Å²) in [4.78, 5) is 16.2. The highest BCUT2D eigenvalue weighted by atomic mass is 32.2. The zero-order chi connectivity index (χ0) is 17.2. The fraction of sp³-hybridized carbons (Fsp3) is 0.611. The standard InChI is InChI=1S/C18H26N2O3S/c1-2-18(21)20-12-11-19(16-13-24(22,23)14-17(16)20)10-6-9-15-7-4-3-5-8-15/h3-5,7-8,16-17H,2,6,9-14H2,1H3/t16-,17+/m0/s1. The van der Waals surface area contributed by atoms with Crippen molar-refractivity contribution in [3.8, 4) is 0 Å². The van der Waals surface area contributed by atoms with Crippen molar-refractivity contribution < 1.29 is 13.2 Å². The third-order valence-corrected chi connectivity index (χ3v) is 6.87.